The summed E-state index contributed by atoms with van der Waals surface area (Å²) in [4.78, 5) is 13.6. The standard InChI is InChI=1S/C16H13N3S/c1-10-5-13-14(19-10)7-11(9-18-13)6-12-8-15-16(20-12)3-2-4-17-15/h2-5,7-9,19H,6H2,1H3. The molecule has 0 spiro atoms. The van der Waals surface area contributed by atoms with Gasteiger partial charge < -0.3 is 4.98 Å². The molecule has 0 radical (unpaired) electrons. The lowest BCUT2D eigenvalue weighted by molar-refractivity contribution is 1.20. The summed E-state index contributed by atoms with van der Waals surface area (Å²) in [5, 5.41) is 0. The lowest BCUT2D eigenvalue weighted by Crippen LogP contribution is -1.86. The molecule has 4 aromatic heterocycles. The number of pyridine rings is 2. The minimum atomic E-state index is 0.905. The Kier molecular flexibility index (Phi) is 2.57. The van der Waals surface area contributed by atoms with E-state index >= 15 is 0 Å². The van der Waals surface area contributed by atoms with Crippen molar-refractivity contribution in [1.29, 1.82) is 0 Å². The largest absolute Gasteiger partial charge is 0.357 e. The normalized spacial score (nSPS) is 11.4. The van der Waals surface area contributed by atoms with E-state index < -0.39 is 0 Å². The third-order valence-electron chi connectivity index (χ3n) is 3.38. The van der Waals surface area contributed by atoms with Crippen LogP contribution in [0.4, 0.5) is 0 Å². The number of rotatable bonds is 2. The Morgan fingerprint density at radius 3 is 3.00 bits per heavy atom. The summed E-state index contributed by atoms with van der Waals surface area (Å²) in [6, 6.07) is 10.5. The number of aromatic amines is 1. The molecule has 0 bridgehead atoms. The molecule has 3 nitrogen and oxygen atoms in total. The molecule has 0 saturated carbocycles. The number of hydrogen-bond acceptors (Lipinski definition) is 3. The molecule has 4 heteroatoms. The van der Waals surface area contributed by atoms with Crippen molar-refractivity contribution in [3.8, 4) is 0 Å². The average Bonchev–Trinajstić information content (AvgIpc) is 2.99. The minimum Gasteiger partial charge on any atom is -0.357 e. The SMILES string of the molecule is Cc1cc2ncc(Cc3cc4ncccc4s3)cc2[nH]1. The van der Waals surface area contributed by atoms with Crippen molar-refractivity contribution in [3.05, 3.63) is 58.9 Å². The van der Waals surface area contributed by atoms with Crippen LogP contribution in [0.1, 0.15) is 16.1 Å². The van der Waals surface area contributed by atoms with Crippen molar-refractivity contribution in [2.75, 3.05) is 0 Å². The van der Waals surface area contributed by atoms with Gasteiger partial charge in [0.15, 0.2) is 0 Å². The number of H-pyrrole nitrogens is 1. The van der Waals surface area contributed by atoms with Crippen LogP contribution in [0.15, 0.2) is 42.7 Å². The third kappa shape index (κ3) is 1.98. The second kappa shape index (κ2) is 4.42. The first-order valence-corrected chi connectivity index (χ1v) is 7.37. The van der Waals surface area contributed by atoms with Crippen molar-refractivity contribution in [2.45, 2.75) is 13.3 Å². The van der Waals surface area contributed by atoms with Crippen LogP contribution in [0, 0.1) is 6.92 Å². The number of fused-ring (bicyclic) bond motifs is 2. The van der Waals surface area contributed by atoms with Crippen molar-refractivity contribution in [3.63, 3.8) is 0 Å². The highest BCUT2D eigenvalue weighted by atomic mass is 32.1. The summed E-state index contributed by atoms with van der Waals surface area (Å²) in [6.07, 6.45) is 4.71. The van der Waals surface area contributed by atoms with Crippen molar-refractivity contribution in [1.82, 2.24) is 15.0 Å². The fourth-order valence-electron chi connectivity index (χ4n) is 2.49. The maximum Gasteiger partial charge on any atom is 0.0881 e. The van der Waals surface area contributed by atoms with Gasteiger partial charge in [0, 0.05) is 29.4 Å². The fraction of sp³-hybridized carbons (Fsp3) is 0.125. The molecule has 4 heterocycles. The van der Waals surface area contributed by atoms with Crippen LogP contribution in [0.5, 0.6) is 0 Å². The van der Waals surface area contributed by atoms with Crippen LogP contribution >= 0.6 is 11.3 Å². The van der Waals surface area contributed by atoms with E-state index in [1.54, 1.807) is 11.3 Å². The van der Waals surface area contributed by atoms with Crippen LogP contribution in [-0.4, -0.2) is 15.0 Å². The van der Waals surface area contributed by atoms with Crippen LogP contribution in [0.3, 0.4) is 0 Å². The second-order valence-corrected chi connectivity index (χ2v) is 6.17. The van der Waals surface area contributed by atoms with Gasteiger partial charge in [-0.3, -0.25) is 9.97 Å². The summed E-state index contributed by atoms with van der Waals surface area (Å²) >= 11 is 1.80. The smallest absolute Gasteiger partial charge is 0.0881 e. The van der Waals surface area contributed by atoms with Crippen molar-refractivity contribution < 1.29 is 0 Å². The molecule has 0 aliphatic rings. The van der Waals surface area contributed by atoms with E-state index in [0.717, 1.165) is 28.7 Å². The Morgan fingerprint density at radius 1 is 1.15 bits per heavy atom. The molecular weight excluding hydrogens is 266 g/mol. The summed E-state index contributed by atoms with van der Waals surface area (Å²) < 4.78 is 1.24. The van der Waals surface area contributed by atoms with Crippen LogP contribution in [-0.2, 0) is 6.42 Å². The predicted molar refractivity (Wildman–Crippen MR) is 83.3 cm³/mol. The van der Waals surface area contributed by atoms with Gasteiger partial charge in [-0.15, -0.1) is 11.3 Å². The van der Waals surface area contributed by atoms with Gasteiger partial charge in [-0.1, -0.05) is 0 Å². The van der Waals surface area contributed by atoms with Gasteiger partial charge in [-0.05, 0) is 42.8 Å². The molecule has 0 aromatic carbocycles. The topological polar surface area (TPSA) is 41.6 Å². The number of aromatic nitrogens is 3. The van der Waals surface area contributed by atoms with Crippen molar-refractivity contribution in [2.24, 2.45) is 0 Å². The molecule has 4 aromatic rings. The highest BCUT2D eigenvalue weighted by Crippen LogP contribution is 2.26. The van der Waals surface area contributed by atoms with Crippen molar-refractivity contribution >= 4 is 32.6 Å². The first-order valence-electron chi connectivity index (χ1n) is 6.56. The number of thiophene rings is 1. The maximum absolute atomic E-state index is 4.51. The monoisotopic (exact) mass is 279 g/mol. The van der Waals surface area contributed by atoms with Crippen LogP contribution < -0.4 is 0 Å². The number of hydrogen-bond donors (Lipinski definition) is 1. The summed E-state index contributed by atoms with van der Waals surface area (Å²) in [7, 11) is 0. The number of nitrogens with one attached hydrogen (secondary N) is 1. The van der Waals surface area contributed by atoms with Gasteiger partial charge in [0.2, 0.25) is 0 Å². The Balaban J connectivity index is 1.72. The van der Waals surface area contributed by atoms with E-state index in [1.165, 1.54) is 15.1 Å². The summed E-state index contributed by atoms with van der Waals surface area (Å²) in [5.74, 6) is 0. The van der Waals surface area contributed by atoms with Gasteiger partial charge in [0.25, 0.3) is 0 Å². The summed E-state index contributed by atoms with van der Waals surface area (Å²) in [5.41, 5.74) is 5.60. The molecule has 1 N–H and O–H groups in total. The van der Waals surface area contributed by atoms with Crippen LogP contribution in [0.25, 0.3) is 21.3 Å². The Morgan fingerprint density at radius 2 is 2.10 bits per heavy atom. The first-order chi connectivity index (χ1) is 9.78. The molecule has 0 atom stereocenters. The molecule has 0 fully saturated rings. The zero-order valence-electron chi connectivity index (χ0n) is 11.1. The first kappa shape index (κ1) is 11.6. The lowest BCUT2D eigenvalue weighted by atomic mass is 10.1. The van der Waals surface area contributed by atoms with E-state index in [1.807, 2.05) is 18.5 Å². The molecule has 0 amide bonds. The summed E-state index contributed by atoms with van der Waals surface area (Å²) in [6.45, 7) is 2.05. The molecule has 0 aliphatic heterocycles. The molecule has 0 aliphatic carbocycles. The molecule has 4 rings (SSSR count). The predicted octanol–water partition coefficient (Wildman–Crippen LogP) is 4.07. The van der Waals surface area contributed by atoms with Gasteiger partial charge in [0.05, 0.1) is 21.3 Å². The average molecular weight is 279 g/mol. The number of nitrogens with zero attached hydrogens (tertiary/aromatic N) is 2. The Labute approximate surface area is 120 Å². The highest BCUT2D eigenvalue weighted by molar-refractivity contribution is 7.19. The molecular formula is C16H13N3S. The highest BCUT2D eigenvalue weighted by Gasteiger charge is 2.05. The third-order valence-corrected chi connectivity index (χ3v) is 4.47. The van der Waals surface area contributed by atoms with Gasteiger partial charge in [0.1, 0.15) is 0 Å². The van der Waals surface area contributed by atoms with Crippen LogP contribution in [0.2, 0.25) is 0 Å². The Bertz CT molecular complexity index is 871. The lowest BCUT2D eigenvalue weighted by Gasteiger charge is -1.98. The Hall–Kier alpha value is -2.20. The molecule has 20 heavy (non-hydrogen) atoms. The van der Waals surface area contributed by atoms with E-state index in [9.17, 15) is 0 Å². The van der Waals surface area contributed by atoms with E-state index in [0.29, 0.717) is 0 Å². The van der Waals surface area contributed by atoms with Gasteiger partial charge >= 0.3 is 0 Å². The van der Waals surface area contributed by atoms with E-state index in [4.69, 9.17) is 0 Å². The number of aryl methyl sites for hydroxylation is 1. The zero-order valence-corrected chi connectivity index (χ0v) is 11.9. The van der Waals surface area contributed by atoms with Gasteiger partial charge in [-0.2, -0.15) is 0 Å². The van der Waals surface area contributed by atoms with E-state index in [2.05, 4.69) is 46.1 Å². The maximum atomic E-state index is 4.51. The second-order valence-electron chi connectivity index (χ2n) is 5.00. The molecule has 98 valence electrons. The molecule has 0 unspecified atom stereocenters. The zero-order chi connectivity index (χ0) is 13.5. The van der Waals surface area contributed by atoms with E-state index in [-0.39, 0.29) is 0 Å². The quantitative estimate of drug-likeness (QED) is 0.601. The van der Waals surface area contributed by atoms with Gasteiger partial charge in [-0.25, -0.2) is 0 Å². The molecule has 0 saturated heterocycles. The fourth-order valence-corrected chi connectivity index (χ4v) is 3.55. The minimum absolute atomic E-state index is 0.905.